The van der Waals surface area contributed by atoms with Crippen LogP contribution in [0.2, 0.25) is 0 Å². The van der Waals surface area contributed by atoms with Gasteiger partial charge in [0.15, 0.2) is 0 Å². The smallest absolute Gasteiger partial charge is 0.203 e. The SMILES string of the molecule is CCCNc1nc(C)cn1Cc1ncccc1C. The van der Waals surface area contributed by atoms with Crippen LogP contribution in [0.4, 0.5) is 5.95 Å². The van der Waals surface area contributed by atoms with Gasteiger partial charge in [0.05, 0.1) is 17.9 Å². The Morgan fingerprint density at radius 1 is 1.33 bits per heavy atom. The van der Waals surface area contributed by atoms with E-state index in [0.29, 0.717) is 0 Å². The molecule has 18 heavy (non-hydrogen) atoms. The van der Waals surface area contributed by atoms with E-state index in [2.05, 4.69) is 46.0 Å². The van der Waals surface area contributed by atoms with Gasteiger partial charge in [0.1, 0.15) is 0 Å². The van der Waals surface area contributed by atoms with E-state index in [1.807, 2.05) is 19.2 Å². The Hall–Kier alpha value is -1.84. The number of aryl methyl sites for hydroxylation is 2. The lowest BCUT2D eigenvalue weighted by molar-refractivity contribution is 0.765. The summed E-state index contributed by atoms with van der Waals surface area (Å²) in [4.78, 5) is 8.93. The third-order valence-corrected chi connectivity index (χ3v) is 2.87. The molecule has 2 heterocycles. The second kappa shape index (κ2) is 5.67. The zero-order valence-electron chi connectivity index (χ0n) is 11.3. The van der Waals surface area contributed by atoms with Crippen LogP contribution in [-0.2, 0) is 6.54 Å². The summed E-state index contributed by atoms with van der Waals surface area (Å²) in [5.74, 6) is 0.930. The zero-order valence-corrected chi connectivity index (χ0v) is 11.3. The summed E-state index contributed by atoms with van der Waals surface area (Å²) in [6.45, 7) is 7.96. The Bertz CT molecular complexity index is 516. The van der Waals surface area contributed by atoms with Crippen molar-refractivity contribution < 1.29 is 0 Å². The lowest BCUT2D eigenvalue weighted by atomic mass is 10.2. The van der Waals surface area contributed by atoms with E-state index >= 15 is 0 Å². The summed E-state index contributed by atoms with van der Waals surface area (Å²) in [6, 6.07) is 4.06. The van der Waals surface area contributed by atoms with Crippen molar-refractivity contribution in [1.29, 1.82) is 0 Å². The van der Waals surface area contributed by atoms with E-state index in [-0.39, 0.29) is 0 Å². The van der Waals surface area contributed by atoms with Gasteiger partial charge in [0, 0.05) is 18.9 Å². The second-order valence-corrected chi connectivity index (χ2v) is 4.53. The molecule has 0 fully saturated rings. The molecule has 2 aromatic rings. The van der Waals surface area contributed by atoms with Gasteiger partial charge in [0.2, 0.25) is 5.95 Å². The van der Waals surface area contributed by atoms with Crippen LogP contribution in [-0.4, -0.2) is 21.1 Å². The van der Waals surface area contributed by atoms with Gasteiger partial charge >= 0.3 is 0 Å². The van der Waals surface area contributed by atoms with Crippen molar-refractivity contribution in [1.82, 2.24) is 14.5 Å². The molecule has 0 bridgehead atoms. The highest BCUT2D eigenvalue weighted by atomic mass is 15.2. The Labute approximate surface area is 108 Å². The normalized spacial score (nSPS) is 10.6. The molecule has 2 rings (SSSR count). The van der Waals surface area contributed by atoms with Crippen LogP contribution >= 0.6 is 0 Å². The summed E-state index contributed by atoms with van der Waals surface area (Å²) in [5.41, 5.74) is 3.34. The van der Waals surface area contributed by atoms with Gasteiger partial charge in [-0.2, -0.15) is 0 Å². The first kappa shape index (κ1) is 12.6. The van der Waals surface area contributed by atoms with Crippen molar-refractivity contribution in [2.45, 2.75) is 33.7 Å². The van der Waals surface area contributed by atoms with Gasteiger partial charge in [-0.15, -0.1) is 0 Å². The molecule has 4 nitrogen and oxygen atoms in total. The Morgan fingerprint density at radius 3 is 2.89 bits per heavy atom. The molecule has 4 heteroatoms. The third-order valence-electron chi connectivity index (χ3n) is 2.87. The van der Waals surface area contributed by atoms with E-state index < -0.39 is 0 Å². The molecular formula is C14H20N4. The molecule has 0 aliphatic heterocycles. The first-order chi connectivity index (χ1) is 8.70. The molecule has 1 N–H and O–H groups in total. The van der Waals surface area contributed by atoms with Crippen LogP contribution in [0, 0.1) is 13.8 Å². The molecule has 0 saturated carbocycles. The van der Waals surface area contributed by atoms with Gasteiger partial charge in [-0.05, 0) is 31.9 Å². The molecule has 96 valence electrons. The number of pyridine rings is 1. The van der Waals surface area contributed by atoms with Crippen LogP contribution in [0.15, 0.2) is 24.5 Å². The summed E-state index contributed by atoms with van der Waals surface area (Å²) in [7, 11) is 0. The Kier molecular flexibility index (Phi) is 3.97. The van der Waals surface area contributed by atoms with E-state index in [1.165, 1.54) is 5.56 Å². The maximum Gasteiger partial charge on any atom is 0.203 e. The number of aromatic nitrogens is 3. The highest BCUT2D eigenvalue weighted by molar-refractivity contribution is 5.30. The monoisotopic (exact) mass is 244 g/mol. The molecule has 0 aliphatic carbocycles. The fourth-order valence-corrected chi connectivity index (χ4v) is 1.89. The van der Waals surface area contributed by atoms with E-state index in [0.717, 1.165) is 36.8 Å². The number of nitrogens with one attached hydrogen (secondary N) is 1. The van der Waals surface area contributed by atoms with Gasteiger partial charge < -0.3 is 9.88 Å². The number of anilines is 1. The van der Waals surface area contributed by atoms with Crippen LogP contribution in [0.5, 0.6) is 0 Å². The summed E-state index contributed by atoms with van der Waals surface area (Å²) in [5, 5.41) is 3.35. The molecule has 2 aromatic heterocycles. The van der Waals surface area contributed by atoms with Crippen LogP contribution in [0.1, 0.15) is 30.3 Å². The first-order valence-corrected chi connectivity index (χ1v) is 6.39. The molecule has 0 atom stereocenters. The standard InChI is InChI=1S/C14H20N4/c1-4-7-16-14-17-12(3)9-18(14)10-13-11(2)6-5-8-15-13/h5-6,8-9H,4,7,10H2,1-3H3,(H,16,17). The predicted molar refractivity (Wildman–Crippen MR) is 73.8 cm³/mol. The number of rotatable bonds is 5. The zero-order chi connectivity index (χ0) is 13.0. The highest BCUT2D eigenvalue weighted by Gasteiger charge is 2.07. The average molecular weight is 244 g/mol. The lowest BCUT2D eigenvalue weighted by Gasteiger charge is -2.10. The van der Waals surface area contributed by atoms with Gasteiger partial charge in [-0.25, -0.2) is 4.98 Å². The van der Waals surface area contributed by atoms with E-state index in [9.17, 15) is 0 Å². The van der Waals surface area contributed by atoms with Crippen molar-refractivity contribution in [3.8, 4) is 0 Å². The Balaban J connectivity index is 2.20. The quantitative estimate of drug-likeness (QED) is 0.879. The summed E-state index contributed by atoms with van der Waals surface area (Å²) >= 11 is 0. The molecule has 0 aromatic carbocycles. The number of imidazole rings is 1. The van der Waals surface area contributed by atoms with Crippen LogP contribution < -0.4 is 5.32 Å². The van der Waals surface area contributed by atoms with E-state index in [4.69, 9.17) is 0 Å². The van der Waals surface area contributed by atoms with Gasteiger partial charge in [-0.1, -0.05) is 13.0 Å². The minimum atomic E-state index is 0.763. The van der Waals surface area contributed by atoms with Crippen LogP contribution in [0.3, 0.4) is 0 Å². The van der Waals surface area contributed by atoms with E-state index in [1.54, 1.807) is 0 Å². The minimum Gasteiger partial charge on any atom is -0.356 e. The Morgan fingerprint density at radius 2 is 2.17 bits per heavy atom. The lowest BCUT2D eigenvalue weighted by Crippen LogP contribution is -2.10. The maximum atomic E-state index is 4.50. The fraction of sp³-hybridized carbons (Fsp3) is 0.429. The molecular weight excluding hydrogens is 224 g/mol. The van der Waals surface area contributed by atoms with Crippen LogP contribution in [0.25, 0.3) is 0 Å². The molecule has 0 unspecified atom stereocenters. The fourth-order valence-electron chi connectivity index (χ4n) is 1.89. The number of nitrogens with zero attached hydrogens (tertiary/aromatic N) is 3. The first-order valence-electron chi connectivity index (χ1n) is 6.39. The number of hydrogen-bond donors (Lipinski definition) is 1. The maximum absolute atomic E-state index is 4.50. The average Bonchev–Trinajstić information content (AvgIpc) is 2.70. The van der Waals surface area contributed by atoms with Crippen molar-refractivity contribution in [2.24, 2.45) is 0 Å². The molecule has 0 aliphatic rings. The predicted octanol–water partition coefficient (Wildman–Crippen LogP) is 2.77. The molecule has 0 amide bonds. The second-order valence-electron chi connectivity index (χ2n) is 4.53. The van der Waals surface area contributed by atoms with Gasteiger partial charge in [0.25, 0.3) is 0 Å². The highest BCUT2D eigenvalue weighted by Crippen LogP contribution is 2.13. The summed E-state index contributed by atoms with van der Waals surface area (Å²) < 4.78 is 2.13. The van der Waals surface area contributed by atoms with Crippen molar-refractivity contribution in [3.63, 3.8) is 0 Å². The molecule has 0 spiro atoms. The van der Waals surface area contributed by atoms with Gasteiger partial charge in [-0.3, -0.25) is 4.98 Å². The molecule has 0 radical (unpaired) electrons. The third kappa shape index (κ3) is 2.88. The van der Waals surface area contributed by atoms with Crippen molar-refractivity contribution >= 4 is 5.95 Å². The topological polar surface area (TPSA) is 42.7 Å². The van der Waals surface area contributed by atoms with Crippen molar-refractivity contribution in [3.05, 3.63) is 41.5 Å². The molecule has 0 saturated heterocycles. The number of hydrogen-bond acceptors (Lipinski definition) is 3. The largest absolute Gasteiger partial charge is 0.356 e. The summed E-state index contributed by atoms with van der Waals surface area (Å²) in [6.07, 6.45) is 4.99. The van der Waals surface area contributed by atoms with Crippen molar-refractivity contribution in [2.75, 3.05) is 11.9 Å². The minimum absolute atomic E-state index is 0.763.